The number of carbonyl (C=O) groups excluding carboxylic acids is 2. The van der Waals surface area contributed by atoms with Crippen molar-refractivity contribution >= 4 is 23.2 Å². The van der Waals surface area contributed by atoms with Crippen LogP contribution in [0.3, 0.4) is 0 Å². The molecule has 28 heavy (non-hydrogen) atoms. The van der Waals surface area contributed by atoms with Crippen LogP contribution in [0.4, 0.5) is 11.4 Å². The summed E-state index contributed by atoms with van der Waals surface area (Å²) in [5.41, 5.74) is 3.61. The fraction of sp³-hybridized carbons (Fsp3) is 0.174. The van der Waals surface area contributed by atoms with E-state index in [9.17, 15) is 9.59 Å². The molecule has 0 fully saturated rings. The van der Waals surface area contributed by atoms with Gasteiger partial charge >= 0.3 is 0 Å². The Kier molecular flexibility index (Phi) is 4.89. The number of aryl methyl sites for hydroxylation is 1. The monoisotopic (exact) mass is 371 g/mol. The lowest BCUT2D eigenvalue weighted by Crippen LogP contribution is -2.36. The first kappa shape index (κ1) is 17.9. The third-order valence-corrected chi connectivity index (χ3v) is 5.03. The minimum absolute atomic E-state index is 0.177. The fourth-order valence-corrected chi connectivity index (χ4v) is 3.53. The highest BCUT2D eigenvalue weighted by atomic mass is 16.2. The van der Waals surface area contributed by atoms with Crippen LogP contribution in [0, 0.1) is 0 Å². The maximum atomic E-state index is 13.1. The molecule has 1 aliphatic heterocycles. The molecule has 2 heterocycles. The molecule has 5 nitrogen and oxygen atoms in total. The van der Waals surface area contributed by atoms with Gasteiger partial charge in [0.2, 0.25) is 0 Å². The first-order valence-electron chi connectivity index (χ1n) is 9.34. The number of carbonyl (C=O) groups is 2. The zero-order chi connectivity index (χ0) is 19.5. The molecule has 0 saturated carbocycles. The molecule has 4 rings (SSSR count). The van der Waals surface area contributed by atoms with E-state index in [0.29, 0.717) is 12.1 Å². The number of nitrogens with zero attached hydrogens (tertiary/aromatic N) is 3. The normalized spacial score (nSPS) is 13.0. The van der Waals surface area contributed by atoms with Gasteiger partial charge in [-0.3, -0.25) is 14.6 Å². The second-order valence-electron chi connectivity index (χ2n) is 6.82. The van der Waals surface area contributed by atoms with Crippen molar-refractivity contribution < 1.29 is 9.59 Å². The maximum absolute atomic E-state index is 13.1. The third kappa shape index (κ3) is 3.39. The molecule has 1 aliphatic rings. The number of anilines is 2. The Morgan fingerprint density at radius 2 is 1.75 bits per heavy atom. The third-order valence-electron chi connectivity index (χ3n) is 5.03. The highest BCUT2D eigenvalue weighted by Gasteiger charge is 2.25. The maximum Gasteiger partial charge on any atom is 0.276 e. The van der Waals surface area contributed by atoms with Gasteiger partial charge in [0.05, 0.1) is 0 Å². The zero-order valence-electron chi connectivity index (χ0n) is 15.7. The number of hydrogen-bond acceptors (Lipinski definition) is 3. The standard InChI is InChI=1S/C23H21N3O2/c1-25(19-10-3-2-4-11-19)22(27)18-13-14-24-20(16-18)23(28)26-15-7-9-17-8-5-6-12-21(17)26/h2-6,8,10-14,16H,7,9,15H2,1H3. The summed E-state index contributed by atoms with van der Waals surface area (Å²) in [4.78, 5) is 33.6. The van der Waals surface area contributed by atoms with Crippen LogP contribution in [0.2, 0.25) is 0 Å². The molecule has 3 aromatic rings. The summed E-state index contributed by atoms with van der Waals surface area (Å²) in [5, 5.41) is 0. The van der Waals surface area contributed by atoms with Crippen molar-refractivity contribution in [3.63, 3.8) is 0 Å². The van der Waals surface area contributed by atoms with E-state index in [-0.39, 0.29) is 17.5 Å². The van der Waals surface area contributed by atoms with Crippen LogP contribution < -0.4 is 9.80 Å². The number of hydrogen-bond donors (Lipinski definition) is 0. The predicted molar refractivity (Wildman–Crippen MR) is 110 cm³/mol. The van der Waals surface area contributed by atoms with E-state index in [0.717, 1.165) is 29.8 Å². The highest BCUT2D eigenvalue weighted by Crippen LogP contribution is 2.28. The Morgan fingerprint density at radius 3 is 2.57 bits per heavy atom. The molecular formula is C23H21N3O2. The second kappa shape index (κ2) is 7.64. The van der Waals surface area contributed by atoms with Gasteiger partial charge in [0, 0.05) is 36.7 Å². The van der Waals surface area contributed by atoms with E-state index in [1.807, 2.05) is 48.5 Å². The summed E-state index contributed by atoms with van der Waals surface area (Å²) < 4.78 is 0. The first-order valence-corrected chi connectivity index (χ1v) is 9.34. The van der Waals surface area contributed by atoms with Crippen LogP contribution in [-0.4, -0.2) is 30.4 Å². The van der Waals surface area contributed by atoms with Gasteiger partial charge in [-0.05, 0) is 48.7 Å². The average molecular weight is 371 g/mol. The lowest BCUT2D eigenvalue weighted by atomic mass is 10.0. The lowest BCUT2D eigenvalue weighted by Gasteiger charge is -2.29. The van der Waals surface area contributed by atoms with Crippen molar-refractivity contribution in [3.8, 4) is 0 Å². The summed E-state index contributed by atoms with van der Waals surface area (Å²) >= 11 is 0. The van der Waals surface area contributed by atoms with Gasteiger partial charge in [-0.15, -0.1) is 0 Å². The van der Waals surface area contributed by atoms with Gasteiger partial charge in [0.15, 0.2) is 0 Å². The van der Waals surface area contributed by atoms with Gasteiger partial charge in [-0.1, -0.05) is 36.4 Å². The fourth-order valence-electron chi connectivity index (χ4n) is 3.53. The lowest BCUT2D eigenvalue weighted by molar-refractivity contribution is 0.0980. The number of amides is 2. The number of rotatable bonds is 3. The molecule has 2 amide bonds. The Labute approximate surface area is 164 Å². The average Bonchev–Trinajstić information content (AvgIpc) is 2.78. The van der Waals surface area contributed by atoms with Gasteiger partial charge in [0.1, 0.15) is 5.69 Å². The zero-order valence-corrected chi connectivity index (χ0v) is 15.7. The quantitative estimate of drug-likeness (QED) is 0.700. The summed E-state index contributed by atoms with van der Waals surface area (Å²) in [6, 6.07) is 20.6. The second-order valence-corrected chi connectivity index (χ2v) is 6.82. The number of aromatic nitrogens is 1. The van der Waals surface area contributed by atoms with Crippen LogP contribution in [0.5, 0.6) is 0 Å². The minimum atomic E-state index is -0.179. The Hall–Kier alpha value is -3.47. The highest BCUT2D eigenvalue weighted by molar-refractivity contribution is 6.09. The van der Waals surface area contributed by atoms with Crippen LogP contribution in [0.25, 0.3) is 0 Å². The van der Waals surface area contributed by atoms with E-state index < -0.39 is 0 Å². The van der Waals surface area contributed by atoms with Crippen molar-refractivity contribution in [1.29, 1.82) is 0 Å². The predicted octanol–water partition coefficient (Wildman–Crippen LogP) is 3.95. The Bertz CT molecular complexity index is 1020. The van der Waals surface area contributed by atoms with Gasteiger partial charge in [-0.2, -0.15) is 0 Å². The molecular weight excluding hydrogens is 350 g/mol. The molecule has 1 aromatic heterocycles. The van der Waals surface area contributed by atoms with Crippen LogP contribution in [0.15, 0.2) is 72.9 Å². The molecule has 0 saturated heterocycles. The molecule has 2 aromatic carbocycles. The van der Waals surface area contributed by atoms with Crippen molar-refractivity contribution in [3.05, 3.63) is 89.7 Å². The van der Waals surface area contributed by atoms with Crippen LogP contribution >= 0.6 is 0 Å². The van der Waals surface area contributed by atoms with E-state index in [2.05, 4.69) is 11.1 Å². The number of pyridine rings is 1. The van der Waals surface area contributed by atoms with Crippen molar-refractivity contribution in [2.45, 2.75) is 12.8 Å². The molecule has 0 radical (unpaired) electrons. The smallest absolute Gasteiger partial charge is 0.276 e. The summed E-state index contributed by atoms with van der Waals surface area (Å²) in [7, 11) is 1.72. The topological polar surface area (TPSA) is 53.5 Å². The number of fused-ring (bicyclic) bond motifs is 1. The summed E-state index contributed by atoms with van der Waals surface area (Å²) in [6.07, 6.45) is 3.40. The molecule has 0 N–H and O–H groups in total. The Balaban J connectivity index is 1.61. The summed E-state index contributed by atoms with van der Waals surface area (Å²) in [5.74, 6) is -0.356. The molecule has 140 valence electrons. The molecule has 0 atom stereocenters. The molecule has 0 unspecified atom stereocenters. The molecule has 5 heteroatoms. The largest absolute Gasteiger partial charge is 0.311 e. The number of benzene rings is 2. The van der Waals surface area contributed by atoms with Crippen molar-refractivity contribution in [1.82, 2.24) is 4.98 Å². The molecule has 0 aliphatic carbocycles. The van der Waals surface area contributed by atoms with Crippen LogP contribution in [0.1, 0.15) is 32.8 Å². The number of para-hydroxylation sites is 2. The van der Waals surface area contributed by atoms with Crippen molar-refractivity contribution in [2.24, 2.45) is 0 Å². The molecule has 0 spiro atoms. The van der Waals surface area contributed by atoms with E-state index in [1.165, 1.54) is 6.20 Å². The van der Waals surface area contributed by atoms with Gasteiger partial charge in [0.25, 0.3) is 11.8 Å². The Morgan fingerprint density at radius 1 is 1.00 bits per heavy atom. The first-order chi connectivity index (χ1) is 13.6. The van der Waals surface area contributed by atoms with Gasteiger partial charge < -0.3 is 9.80 Å². The van der Waals surface area contributed by atoms with Crippen LogP contribution in [-0.2, 0) is 6.42 Å². The van der Waals surface area contributed by atoms with E-state index in [4.69, 9.17) is 0 Å². The van der Waals surface area contributed by atoms with Crippen molar-refractivity contribution in [2.75, 3.05) is 23.4 Å². The summed E-state index contributed by atoms with van der Waals surface area (Å²) in [6.45, 7) is 0.652. The SMILES string of the molecule is CN(C(=O)c1ccnc(C(=O)N2CCCc3ccccc32)c1)c1ccccc1. The van der Waals surface area contributed by atoms with E-state index in [1.54, 1.807) is 29.0 Å². The van der Waals surface area contributed by atoms with Gasteiger partial charge in [-0.25, -0.2) is 0 Å². The van der Waals surface area contributed by atoms with E-state index >= 15 is 0 Å². The minimum Gasteiger partial charge on any atom is -0.311 e. The molecule has 0 bridgehead atoms.